The van der Waals surface area contributed by atoms with Crippen molar-refractivity contribution < 1.29 is 19.7 Å². The van der Waals surface area contributed by atoms with Gasteiger partial charge in [-0.15, -0.1) is 5.10 Å². The Hall–Kier alpha value is -1.14. The Morgan fingerprint density at radius 1 is 1.64 bits per heavy atom. The molecular weight excluding hydrogens is 152 g/mol. The number of nitrogens with zero attached hydrogens (tertiary/aromatic N) is 2. The van der Waals surface area contributed by atoms with Gasteiger partial charge in [0, 0.05) is 7.05 Å². The molecule has 1 rings (SSSR count). The van der Waals surface area contributed by atoms with E-state index in [4.69, 9.17) is 10.2 Å². The molecule has 0 saturated carbocycles. The van der Waals surface area contributed by atoms with E-state index in [0.29, 0.717) is 0 Å². The molecule has 0 fully saturated rings. The number of hydrogen-bond donors (Lipinski definition) is 2. The van der Waals surface area contributed by atoms with Gasteiger partial charge in [0.2, 0.25) is 0 Å². The number of rotatable bonds is 0. The molecule has 0 spiro atoms. The van der Waals surface area contributed by atoms with E-state index in [-0.39, 0.29) is 0 Å². The zero-order chi connectivity index (χ0) is 8.65. The number of ether oxygens (including phenoxy) is 1. The predicted molar refractivity (Wildman–Crippen MR) is 34.4 cm³/mol. The van der Waals surface area contributed by atoms with Crippen molar-refractivity contribution in [2.75, 3.05) is 14.2 Å². The van der Waals surface area contributed by atoms with Crippen molar-refractivity contribution >= 4 is 11.8 Å². The van der Waals surface area contributed by atoms with Gasteiger partial charge >= 0.3 is 11.7 Å². The summed E-state index contributed by atoms with van der Waals surface area (Å²) in [5, 5.41) is 22.2. The van der Waals surface area contributed by atoms with Crippen molar-refractivity contribution in [3.63, 3.8) is 0 Å². The van der Waals surface area contributed by atoms with Gasteiger partial charge in [-0.25, -0.2) is 5.01 Å². The largest absolute Gasteiger partial charge is 0.479 e. The molecule has 62 valence electrons. The van der Waals surface area contributed by atoms with E-state index in [9.17, 15) is 4.79 Å². The lowest BCUT2D eigenvalue weighted by molar-refractivity contribution is -0.169. The maximum atomic E-state index is 10.8. The van der Waals surface area contributed by atoms with Gasteiger partial charge in [-0.2, -0.15) is 0 Å². The number of carbonyl (C=O) groups excluding carboxylic acids is 1. The third-order valence-corrected chi connectivity index (χ3v) is 1.32. The molecule has 1 amide bonds. The van der Waals surface area contributed by atoms with Crippen LogP contribution in [0.5, 0.6) is 0 Å². The van der Waals surface area contributed by atoms with Gasteiger partial charge in [0.25, 0.3) is 5.90 Å². The first-order valence-electron chi connectivity index (χ1n) is 2.86. The van der Waals surface area contributed by atoms with E-state index in [0.717, 1.165) is 5.01 Å². The smallest absolute Gasteiger partial charge is 0.327 e. The van der Waals surface area contributed by atoms with E-state index in [1.807, 2.05) is 0 Å². The molecule has 0 bridgehead atoms. The highest BCUT2D eigenvalue weighted by molar-refractivity contribution is 6.09. The fraction of sp³-hybridized carbons (Fsp3) is 0.600. The molecule has 0 radical (unpaired) electrons. The highest BCUT2D eigenvalue weighted by Gasteiger charge is 2.49. The molecule has 0 aromatic carbocycles. The van der Waals surface area contributed by atoms with Crippen LogP contribution in [0.4, 0.5) is 0 Å². The summed E-state index contributed by atoms with van der Waals surface area (Å²) >= 11 is 0. The topological polar surface area (TPSA) is 82.4 Å². The maximum absolute atomic E-state index is 10.8. The normalized spacial score (nSPS) is 22.0. The van der Waals surface area contributed by atoms with Crippen LogP contribution in [-0.2, 0) is 9.53 Å². The van der Waals surface area contributed by atoms with Crippen LogP contribution in [0.25, 0.3) is 0 Å². The van der Waals surface area contributed by atoms with Crippen LogP contribution in [0.2, 0.25) is 0 Å². The van der Waals surface area contributed by atoms with Crippen molar-refractivity contribution in [3.8, 4) is 0 Å². The summed E-state index contributed by atoms with van der Waals surface area (Å²) in [6.45, 7) is 0. The standard InChI is InChI=1S/C5H8N2O4/c1-7-4(8)5(9,10)3(6-7)11-2/h9-10H,1-2H3. The number of carbonyl (C=O) groups is 1. The van der Waals surface area contributed by atoms with Crippen molar-refractivity contribution in [2.24, 2.45) is 5.10 Å². The summed E-state index contributed by atoms with van der Waals surface area (Å²) in [7, 11) is 2.50. The monoisotopic (exact) mass is 160 g/mol. The van der Waals surface area contributed by atoms with Crippen LogP contribution < -0.4 is 0 Å². The number of methoxy groups -OCH3 is 1. The van der Waals surface area contributed by atoms with E-state index in [1.165, 1.54) is 14.2 Å². The SMILES string of the molecule is COC1=NN(C)C(=O)C1(O)O. The molecule has 0 aromatic heterocycles. The van der Waals surface area contributed by atoms with Gasteiger partial charge in [-0.1, -0.05) is 0 Å². The Bertz CT molecular complexity index is 223. The summed E-state index contributed by atoms with van der Waals surface area (Å²) < 4.78 is 4.45. The minimum absolute atomic E-state index is 0.412. The summed E-state index contributed by atoms with van der Waals surface area (Å²) in [6.07, 6.45) is 0. The predicted octanol–water partition coefficient (Wildman–Crippen LogP) is -1.90. The van der Waals surface area contributed by atoms with E-state index in [2.05, 4.69) is 9.84 Å². The Morgan fingerprint density at radius 2 is 2.18 bits per heavy atom. The quantitative estimate of drug-likeness (QED) is 0.405. The molecule has 0 aliphatic carbocycles. The van der Waals surface area contributed by atoms with Crippen LogP contribution in [0.15, 0.2) is 5.10 Å². The van der Waals surface area contributed by atoms with Gasteiger partial charge in [0.05, 0.1) is 7.11 Å². The van der Waals surface area contributed by atoms with Crippen molar-refractivity contribution in [2.45, 2.75) is 5.79 Å². The molecule has 1 heterocycles. The highest BCUT2D eigenvalue weighted by Crippen LogP contribution is 2.15. The van der Waals surface area contributed by atoms with Crippen molar-refractivity contribution in [1.29, 1.82) is 0 Å². The lowest BCUT2D eigenvalue weighted by atomic mass is 10.3. The van der Waals surface area contributed by atoms with Crippen LogP contribution in [0.1, 0.15) is 0 Å². The Balaban J connectivity index is 2.97. The molecule has 0 aromatic rings. The number of likely N-dealkylation sites (N-methyl/N-ethyl adjacent to an activating group) is 1. The van der Waals surface area contributed by atoms with E-state index < -0.39 is 17.6 Å². The first kappa shape index (κ1) is 7.96. The molecule has 1 aliphatic rings. The lowest BCUT2D eigenvalue weighted by Crippen LogP contribution is -2.46. The van der Waals surface area contributed by atoms with Gasteiger partial charge in [0.15, 0.2) is 0 Å². The van der Waals surface area contributed by atoms with Gasteiger partial charge < -0.3 is 14.9 Å². The van der Waals surface area contributed by atoms with Crippen LogP contribution >= 0.6 is 0 Å². The number of hydrazone groups is 1. The maximum Gasteiger partial charge on any atom is 0.327 e. The second kappa shape index (κ2) is 2.18. The van der Waals surface area contributed by atoms with Gasteiger partial charge in [-0.05, 0) is 0 Å². The van der Waals surface area contributed by atoms with Crippen LogP contribution in [0, 0.1) is 0 Å². The lowest BCUT2D eigenvalue weighted by Gasteiger charge is -2.12. The first-order chi connectivity index (χ1) is 5.00. The van der Waals surface area contributed by atoms with Gasteiger partial charge in [-0.3, -0.25) is 4.79 Å². The average molecular weight is 160 g/mol. The molecule has 2 N–H and O–H groups in total. The Morgan fingerprint density at radius 3 is 2.36 bits per heavy atom. The minimum atomic E-state index is -2.59. The molecule has 6 nitrogen and oxygen atoms in total. The average Bonchev–Trinajstić information content (AvgIpc) is 2.13. The zero-order valence-corrected chi connectivity index (χ0v) is 6.11. The van der Waals surface area contributed by atoms with E-state index in [1.54, 1.807) is 0 Å². The van der Waals surface area contributed by atoms with Crippen molar-refractivity contribution in [1.82, 2.24) is 5.01 Å². The second-order valence-electron chi connectivity index (χ2n) is 2.11. The zero-order valence-electron chi connectivity index (χ0n) is 6.11. The summed E-state index contributed by atoms with van der Waals surface area (Å²) in [5.74, 6) is -3.93. The molecule has 1 aliphatic heterocycles. The fourth-order valence-corrected chi connectivity index (χ4v) is 0.752. The summed E-state index contributed by atoms with van der Waals surface area (Å²) in [4.78, 5) is 10.8. The third-order valence-electron chi connectivity index (χ3n) is 1.32. The number of hydrogen-bond acceptors (Lipinski definition) is 5. The fourth-order valence-electron chi connectivity index (χ4n) is 0.752. The molecule has 6 heteroatoms. The summed E-state index contributed by atoms with van der Waals surface area (Å²) in [5.41, 5.74) is 0. The second-order valence-corrected chi connectivity index (χ2v) is 2.11. The number of amides is 1. The first-order valence-corrected chi connectivity index (χ1v) is 2.86. The number of aliphatic hydroxyl groups is 2. The Labute approximate surface area is 62.7 Å². The van der Waals surface area contributed by atoms with Gasteiger partial charge in [0.1, 0.15) is 0 Å². The van der Waals surface area contributed by atoms with Crippen LogP contribution in [0.3, 0.4) is 0 Å². The molecule has 0 saturated heterocycles. The molecule has 11 heavy (non-hydrogen) atoms. The third kappa shape index (κ3) is 0.958. The molecule has 0 atom stereocenters. The van der Waals surface area contributed by atoms with Crippen LogP contribution in [-0.4, -0.2) is 47.0 Å². The van der Waals surface area contributed by atoms with Crippen molar-refractivity contribution in [3.05, 3.63) is 0 Å². The molecular formula is C5H8N2O4. The Kier molecular flexibility index (Phi) is 1.57. The summed E-state index contributed by atoms with van der Waals surface area (Å²) in [6, 6.07) is 0. The minimum Gasteiger partial charge on any atom is -0.479 e. The highest BCUT2D eigenvalue weighted by atomic mass is 16.6. The molecule has 0 unspecified atom stereocenters. The van der Waals surface area contributed by atoms with E-state index >= 15 is 0 Å².